The minimum absolute atomic E-state index is 0.0202. The first-order chi connectivity index (χ1) is 13.6. The topological polar surface area (TPSA) is 92.9 Å². The van der Waals surface area contributed by atoms with Gasteiger partial charge in [0.15, 0.2) is 0 Å². The second-order valence-corrected chi connectivity index (χ2v) is 7.03. The Labute approximate surface area is 164 Å². The van der Waals surface area contributed by atoms with Crippen molar-refractivity contribution in [3.63, 3.8) is 0 Å². The fraction of sp³-hybridized carbons (Fsp3) is 0.150. The fourth-order valence-electron chi connectivity index (χ4n) is 2.95. The number of rotatable bonds is 5. The molecule has 0 atom stereocenters. The molecule has 8 heteroatoms. The summed E-state index contributed by atoms with van der Waals surface area (Å²) in [7, 11) is 1.61. The van der Waals surface area contributed by atoms with Gasteiger partial charge in [-0.15, -0.1) is 0 Å². The average Bonchev–Trinajstić information content (AvgIpc) is 3.24. The van der Waals surface area contributed by atoms with Crippen molar-refractivity contribution in [3.05, 3.63) is 53.4 Å². The van der Waals surface area contributed by atoms with Crippen LogP contribution in [0.2, 0.25) is 0 Å². The molecule has 1 aliphatic heterocycles. The number of β-amino-alcohol motifs (C(OH)–C–C–N with tert-alkyl or cyclic N) is 1. The zero-order valence-corrected chi connectivity index (χ0v) is 15.7. The van der Waals surface area contributed by atoms with E-state index in [9.17, 15) is 9.59 Å². The second-order valence-electron chi connectivity index (χ2n) is 6.04. The van der Waals surface area contributed by atoms with Gasteiger partial charge in [0, 0.05) is 29.4 Å². The van der Waals surface area contributed by atoms with Crippen molar-refractivity contribution in [2.75, 3.05) is 20.3 Å². The summed E-state index contributed by atoms with van der Waals surface area (Å²) >= 11 is 0.829. The number of hydrogen-bond acceptors (Lipinski definition) is 7. The van der Waals surface area contributed by atoms with Crippen molar-refractivity contribution in [2.24, 2.45) is 0 Å². The van der Waals surface area contributed by atoms with Crippen LogP contribution in [0.3, 0.4) is 0 Å². The Morgan fingerprint density at radius 2 is 2.04 bits per heavy atom. The number of pyridine rings is 1. The summed E-state index contributed by atoms with van der Waals surface area (Å²) in [6.45, 7) is -0.291. The molecule has 3 aromatic rings. The molecule has 7 nitrogen and oxygen atoms in total. The molecule has 1 aromatic carbocycles. The molecule has 1 saturated heterocycles. The molecule has 28 heavy (non-hydrogen) atoms. The average molecular weight is 396 g/mol. The van der Waals surface area contributed by atoms with E-state index < -0.39 is 11.1 Å². The molecule has 4 rings (SSSR count). The summed E-state index contributed by atoms with van der Waals surface area (Å²) in [6, 6.07) is 9.31. The highest BCUT2D eigenvalue weighted by Gasteiger charge is 2.34. The first kappa shape index (κ1) is 18.3. The third-order valence-corrected chi connectivity index (χ3v) is 5.22. The number of methoxy groups -OCH3 is 1. The van der Waals surface area contributed by atoms with E-state index in [1.807, 2.05) is 24.3 Å². The molecule has 0 spiro atoms. The lowest BCUT2D eigenvalue weighted by molar-refractivity contribution is -0.123. The van der Waals surface area contributed by atoms with Crippen molar-refractivity contribution >= 4 is 40.0 Å². The zero-order chi connectivity index (χ0) is 19.7. The van der Waals surface area contributed by atoms with E-state index >= 15 is 0 Å². The van der Waals surface area contributed by atoms with Crippen molar-refractivity contribution < 1.29 is 23.8 Å². The number of ether oxygens (including phenoxy) is 1. The number of carbonyl (C=O) groups is 2. The summed E-state index contributed by atoms with van der Waals surface area (Å²) < 4.78 is 11.1. The summed E-state index contributed by atoms with van der Waals surface area (Å²) in [4.78, 5) is 29.8. The van der Waals surface area contributed by atoms with E-state index in [4.69, 9.17) is 14.3 Å². The SMILES string of the molecule is COc1ccc(-c2cncc3cc(/C=C4/SC(=O)N(CCO)C4=O)oc23)cc1. The van der Waals surface area contributed by atoms with Gasteiger partial charge in [0.2, 0.25) is 0 Å². The first-order valence-corrected chi connectivity index (χ1v) is 9.30. The standard InChI is InChI=1S/C20H16N2O5S/c1-26-14-4-2-12(3-5-14)16-11-21-10-13-8-15(27-18(13)16)9-17-19(24)22(6-7-23)20(25)28-17/h2-5,8-11,23H,6-7H2,1H3/b17-9+. The van der Waals surface area contributed by atoms with Gasteiger partial charge in [0.1, 0.15) is 17.1 Å². The number of amides is 2. The van der Waals surface area contributed by atoms with Gasteiger partial charge in [0.05, 0.1) is 25.2 Å². The molecular formula is C20H16N2O5S. The third kappa shape index (κ3) is 3.28. The predicted molar refractivity (Wildman–Crippen MR) is 106 cm³/mol. The predicted octanol–water partition coefficient (Wildman–Crippen LogP) is 3.53. The molecule has 0 bridgehead atoms. The van der Waals surface area contributed by atoms with Crippen molar-refractivity contribution in [3.8, 4) is 16.9 Å². The van der Waals surface area contributed by atoms with Crippen LogP contribution in [0.1, 0.15) is 5.76 Å². The van der Waals surface area contributed by atoms with Gasteiger partial charge >= 0.3 is 0 Å². The van der Waals surface area contributed by atoms with Crippen LogP contribution < -0.4 is 4.74 Å². The van der Waals surface area contributed by atoms with Gasteiger partial charge in [-0.3, -0.25) is 19.5 Å². The molecule has 2 amide bonds. The van der Waals surface area contributed by atoms with Gasteiger partial charge in [-0.05, 0) is 35.5 Å². The summed E-state index contributed by atoms with van der Waals surface area (Å²) in [6.07, 6.45) is 4.94. The second kappa shape index (κ2) is 7.49. The van der Waals surface area contributed by atoms with Crippen LogP contribution in [-0.4, -0.2) is 46.4 Å². The van der Waals surface area contributed by atoms with Gasteiger partial charge in [-0.25, -0.2) is 0 Å². The summed E-state index contributed by atoms with van der Waals surface area (Å²) in [5.41, 5.74) is 2.37. The van der Waals surface area contributed by atoms with Crippen molar-refractivity contribution in [1.82, 2.24) is 9.88 Å². The number of aliphatic hydroxyl groups is 1. The molecule has 1 aliphatic rings. The number of benzene rings is 1. The smallest absolute Gasteiger partial charge is 0.293 e. The number of imide groups is 1. The lowest BCUT2D eigenvalue weighted by Gasteiger charge is -2.08. The molecule has 0 saturated carbocycles. The van der Waals surface area contributed by atoms with E-state index in [1.54, 1.807) is 31.6 Å². The van der Waals surface area contributed by atoms with Crippen LogP contribution in [0, 0.1) is 0 Å². The van der Waals surface area contributed by atoms with Gasteiger partial charge in [-0.2, -0.15) is 0 Å². The summed E-state index contributed by atoms with van der Waals surface area (Å²) in [5, 5.41) is 9.38. The molecule has 3 heterocycles. The van der Waals surface area contributed by atoms with E-state index in [0.717, 1.165) is 38.9 Å². The van der Waals surface area contributed by atoms with Crippen LogP contribution in [-0.2, 0) is 4.79 Å². The zero-order valence-electron chi connectivity index (χ0n) is 14.9. The van der Waals surface area contributed by atoms with Crippen LogP contribution in [0.5, 0.6) is 5.75 Å². The minimum Gasteiger partial charge on any atom is -0.497 e. The summed E-state index contributed by atoms with van der Waals surface area (Å²) in [5.74, 6) is 0.771. The normalized spacial score (nSPS) is 15.8. The van der Waals surface area contributed by atoms with Crippen molar-refractivity contribution in [2.45, 2.75) is 0 Å². The Kier molecular flexibility index (Phi) is 4.89. The minimum atomic E-state index is -0.432. The first-order valence-electron chi connectivity index (χ1n) is 8.49. The maximum atomic E-state index is 12.3. The van der Waals surface area contributed by atoms with E-state index in [2.05, 4.69) is 4.98 Å². The van der Waals surface area contributed by atoms with Gasteiger partial charge in [-0.1, -0.05) is 12.1 Å². The van der Waals surface area contributed by atoms with Crippen LogP contribution >= 0.6 is 11.8 Å². The van der Waals surface area contributed by atoms with Gasteiger partial charge < -0.3 is 14.3 Å². The number of nitrogens with zero attached hydrogens (tertiary/aromatic N) is 2. The van der Waals surface area contributed by atoms with E-state index in [1.165, 1.54) is 0 Å². The van der Waals surface area contributed by atoms with E-state index in [0.29, 0.717) is 11.3 Å². The van der Waals surface area contributed by atoms with E-state index in [-0.39, 0.29) is 18.1 Å². The Bertz CT molecular complexity index is 1090. The molecule has 2 aromatic heterocycles. The number of furan rings is 1. The Morgan fingerprint density at radius 3 is 2.75 bits per heavy atom. The number of fused-ring (bicyclic) bond motifs is 1. The third-order valence-electron chi connectivity index (χ3n) is 4.31. The number of carbonyl (C=O) groups excluding carboxylic acids is 2. The van der Waals surface area contributed by atoms with Crippen LogP contribution in [0.25, 0.3) is 28.2 Å². The molecule has 0 radical (unpaired) electrons. The quantitative estimate of drug-likeness (QED) is 0.660. The molecular weight excluding hydrogens is 380 g/mol. The number of thioether (sulfide) groups is 1. The molecule has 0 unspecified atom stereocenters. The maximum Gasteiger partial charge on any atom is 0.293 e. The number of aliphatic hydroxyl groups excluding tert-OH is 1. The lowest BCUT2D eigenvalue weighted by Crippen LogP contribution is -2.30. The Hall–Kier alpha value is -3.10. The highest BCUT2D eigenvalue weighted by Crippen LogP contribution is 2.35. The molecule has 1 fully saturated rings. The van der Waals surface area contributed by atoms with Crippen LogP contribution in [0.4, 0.5) is 4.79 Å². The number of aromatic nitrogens is 1. The monoisotopic (exact) mass is 396 g/mol. The Morgan fingerprint density at radius 1 is 1.25 bits per heavy atom. The van der Waals surface area contributed by atoms with Gasteiger partial charge in [0.25, 0.3) is 11.1 Å². The Balaban J connectivity index is 1.71. The molecule has 1 N–H and O–H groups in total. The van der Waals surface area contributed by atoms with Crippen LogP contribution in [0.15, 0.2) is 52.0 Å². The lowest BCUT2D eigenvalue weighted by atomic mass is 10.1. The maximum absolute atomic E-state index is 12.3. The molecule has 0 aliphatic carbocycles. The fourth-order valence-corrected chi connectivity index (χ4v) is 3.80. The highest BCUT2D eigenvalue weighted by atomic mass is 32.2. The molecule has 142 valence electrons. The largest absolute Gasteiger partial charge is 0.497 e. The number of hydrogen-bond donors (Lipinski definition) is 1. The van der Waals surface area contributed by atoms with Crippen molar-refractivity contribution in [1.29, 1.82) is 0 Å². The highest BCUT2D eigenvalue weighted by molar-refractivity contribution is 8.18.